The van der Waals surface area contributed by atoms with E-state index in [0.717, 1.165) is 30.4 Å². The summed E-state index contributed by atoms with van der Waals surface area (Å²) in [4.78, 5) is 25.3. The van der Waals surface area contributed by atoms with Gasteiger partial charge >= 0.3 is 0 Å². The number of methoxy groups -OCH3 is 2. The number of benzene rings is 2. The van der Waals surface area contributed by atoms with E-state index in [1.807, 2.05) is 6.07 Å². The molecule has 0 unspecified atom stereocenters. The van der Waals surface area contributed by atoms with Gasteiger partial charge in [-0.2, -0.15) is 0 Å². The van der Waals surface area contributed by atoms with Crippen LogP contribution in [-0.4, -0.2) is 46.6 Å². The van der Waals surface area contributed by atoms with Crippen molar-refractivity contribution in [2.45, 2.75) is 37.4 Å². The highest BCUT2D eigenvalue weighted by atomic mass is 32.2. The summed E-state index contributed by atoms with van der Waals surface area (Å²) in [5.74, 6) is 1.96. The van der Waals surface area contributed by atoms with Gasteiger partial charge in [0.1, 0.15) is 17.3 Å². The second-order valence-electron chi connectivity index (χ2n) is 7.77. The van der Waals surface area contributed by atoms with Crippen LogP contribution < -0.4 is 20.1 Å². The Kier molecular flexibility index (Phi) is 7.36. The Balaban J connectivity index is 1.45. The first-order valence-corrected chi connectivity index (χ1v) is 12.0. The smallest absolute Gasteiger partial charge is 0.255 e. The highest BCUT2D eigenvalue weighted by Gasteiger charge is 2.30. The van der Waals surface area contributed by atoms with Crippen LogP contribution in [0.25, 0.3) is 0 Å². The average molecular weight is 482 g/mol. The molecular weight excluding hydrogens is 454 g/mol. The molecule has 1 fully saturated rings. The molecule has 0 aliphatic heterocycles. The lowest BCUT2D eigenvalue weighted by Crippen LogP contribution is -2.16. The number of aromatic nitrogens is 3. The van der Waals surface area contributed by atoms with Crippen LogP contribution in [-0.2, 0) is 11.3 Å². The Labute approximate surface area is 202 Å². The lowest BCUT2D eigenvalue weighted by molar-refractivity contribution is -0.113. The average Bonchev–Trinajstić information content (AvgIpc) is 3.62. The molecular formula is C24H27N5O4S. The number of hydrogen-bond acceptors (Lipinski definition) is 7. The van der Waals surface area contributed by atoms with Crippen molar-refractivity contribution in [3.63, 3.8) is 0 Å². The van der Waals surface area contributed by atoms with Crippen molar-refractivity contribution < 1.29 is 19.1 Å². The minimum Gasteiger partial charge on any atom is -0.494 e. The number of carbonyl (C=O) groups is 2. The molecule has 2 N–H and O–H groups in total. The van der Waals surface area contributed by atoms with Crippen molar-refractivity contribution in [2.75, 3.05) is 30.6 Å². The molecule has 2 amide bonds. The zero-order valence-electron chi connectivity index (χ0n) is 19.3. The zero-order chi connectivity index (χ0) is 24.1. The van der Waals surface area contributed by atoms with Crippen LogP contribution in [0.4, 0.5) is 11.4 Å². The first-order valence-electron chi connectivity index (χ1n) is 11.0. The van der Waals surface area contributed by atoms with Gasteiger partial charge in [0.2, 0.25) is 5.91 Å². The van der Waals surface area contributed by atoms with E-state index in [9.17, 15) is 9.59 Å². The van der Waals surface area contributed by atoms with Crippen LogP contribution in [0.5, 0.6) is 11.5 Å². The van der Waals surface area contributed by atoms with E-state index in [1.165, 1.54) is 26.0 Å². The molecule has 3 aromatic rings. The first kappa shape index (κ1) is 23.6. The second kappa shape index (κ2) is 10.6. The van der Waals surface area contributed by atoms with Crippen LogP contribution in [0, 0.1) is 0 Å². The zero-order valence-corrected chi connectivity index (χ0v) is 20.1. The van der Waals surface area contributed by atoms with Crippen molar-refractivity contribution in [1.29, 1.82) is 0 Å². The minimum absolute atomic E-state index is 0.167. The minimum atomic E-state index is -0.278. The van der Waals surface area contributed by atoms with Gasteiger partial charge in [-0.1, -0.05) is 30.0 Å². The van der Waals surface area contributed by atoms with E-state index in [2.05, 4.69) is 32.3 Å². The number of anilines is 2. The fourth-order valence-electron chi connectivity index (χ4n) is 3.54. The molecule has 10 heteroatoms. The second-order valence-corrected chi connectivity index (χ2v) is 8.71. The summed E-state index contributed by atoms with van der Waals surface area (Å²) in [5.41, 5.74) is 1.39. The molecule has 4 rings (SSSR count). The normalized spacial score (nSPS) is 12.8. The Bertz CT molecular complexity index is 1180. The Hall–Kier alpha value is -3.53. The van der Waals surface area contributed by atoms with Crippen molar-refractivity contribution in [1.82, 2.24) is 14.8 Å². The van der Waals surface area contributed by atoms with Crippen LogP contribution in [0.2, 0.25) is 0 Å². The van der Waals surface area contributed by atoms with E-state index in [-0.39, 0.29) is 17.6 Å². The maximum atomic E-state index is 12.7. The van der Waals surface area contributed by atoms with Crippen LogP contribution >= 0.6 is 11.8 Å². The van der Waals surface area contributed by atoms with Crippen molar-refractivity contribution in [3.8, 4) is 11.5 Å². The number of nitrogens with one attached hydrogen (secondary N) is 2. The van der Waals surface area contributed by atoms with Gasteiger partial charge in [0, 0.05) is 30.2 Å². The van der Waals surface area contributed by atoms with Gasteiger partial charge in [-0.25, -0.2) is 0 Å². The Morgan fingerprint density at radius 1 is 1.03 bits per heavy atom. The Morgan fingerprint density at radius 2 is 1.68 bits per heavy atom. The summed E-state index contributed by atoms with van der Waals surface area (Å²) in [7, 11) is 2.99. The van der Waals surface area contributed by atoms with Crippen molar-refractivity contribution >= 4 is 35.0 Å². The van der Waals surface area contributed by atoms with E-state index in [0.29, 0.717) is 34.4 Å². The van der Waals surface area contributed by atoms with E-state index >= 15 is 0 Å². The van der Waals surface area contributed by atoms with E-state index in [1.54, 1.807) is 36.4 Å². The predicted octanol–water partition coefficient (Wildman–Crippen LogP) is 4.18. The van der Waals surface area contributed by atoms with Crippen molar-refractivity contribution in [3.05, 3.63) is 53.9 Å². The molecule has 1 aliphatic rings. The molecule has 2 aromatic carbocycles. The molecule has 178 valence electrons. The molecule has 0 radical (unpaired) electrons. The van der Waals surface area contributed by atoms with Gasteiger partial charge in [0.25, 0.3) is 5.91 Å². The fraction of sp³-hybridized carbons (Fsp3) is 0.333. The van der Waals surface area contributed by atoms with Gasteiger partial charge in [-0.15, -0.1) is 10.2 Å². The van der Waals surface area contributed by atoms with Crippen LogP contribution in [0.3, 0.4) is 0 Å². The largest absolute Gasteiger partial charge is 0.494 e. The SMILES string of the molecule is CCn1c(SCC(=O)Nc2cc(OC)c(NC(=O)c3ccccc3)cc2OC)nnc1C1CC1. The lowest BCUT2D eigenvalue weighted by atomic mass is 10.2. The number of nitrogens with zero attached hydrogens (tertiary/aromatic N) is 3. The summed E-state index contributed by atoms with van der Waals surface area (Å²) in [6.45, 7) is 2.82. The third-order valence-corrected chi connectivity index (χ3v) is 6.38. The molecule has 9 nitrogen and oxygen atoms in total. The molecule has 0 atom stereocenters. The van der Waals surface area contributed by atoms with Gasteiger partial charge in [-0.3, -0.25) is 9.59 Å². The molecule has 34 heavy (non-hydrogen) atoms. The molecule has 0 spiro atoms. The highest BCUT2D eigenvalue weighted by Crippen LogP contribution is 2.40. The number of hydrogen-bond donors (Lipinski definition) is 2. The van der Waals surface area contributed by atoms with E-state index < -0.39 is 0 Å². The van der Waals surface area contributed by atoms with Crippen LogP contribution in [0.1, 0.15) is 41.9 Å². The van der Waals surface area contributed by atoms with Crippen molar-refractivity contribution in [2.24, 2.45) is 0 Å². The number of carbonyl (C=O) groups excluding carboxylic acids is 2. The van der Waals surface area contributed by atoms with Crippen LogP contribution in [0.15, 0.2) is 47.6 Å². The number of amides is 2. The molecule has 0 saturated heterocycles. The number of thioether (sulfide) groups is 1. The van der Waals surface area contributed by atoms with E-state index in [4.69, 9.17) is 9.47 Å². The van der Waals surface area contributed by atoms with Gasteiger partial charge in [0.05, 0.1) is 31.3 Å². The van der Waals surface area contributed by atoms with Gasteiger partial charge < -0.3 is 24.7 Å². The molecule has 1 aromatic heterocycles. The maximum Gasteiger partial charge on any atom is 0.255 e. The summed E-state index contributed by atoms with van der Waals surface area (Å²) in [6, 6.07) is 12.1. The summed E-state index contributed by atoms with van der Waals surface area (Å²) in [5, 5.41) is 15.0. The summed E-state index contributed by atoms with van der Waals surface area (Å²) >= 11 is 1.35. The Morgan fingerprint density at radius 3 is 2.26 bits per heavy atom. The molecule has 1 heterocycles. The summed E-state index contributed by atoms with van der Waals surface area (Å²) in [6.07, 6.45) is 2.29. The summed E-state index contributed by atoms with van der Waals surface area (Å²) < 4.78 is 13.0. The highest BCUT2D eigenvalue weighted by molar-refractivity contribution is 7.99. The lowest BCUT2D eigenvalue weighted by Gasteiger charge is -2.16. The molecule has 1 saturated carbocycles. The number of rotatable bonds is 10. The predicted molar refractivity (Wildman–Crippen MR) is 131 cm³/mol. The maximum absolute atomic E-state index is 12.7. The molecule has 1 aliphatic carbocycles. The first-order chi connectivity index (χ1) is 16.5. The quantitative estimate of drug-likeness (QED) is 0.418. The number of ether oxygens (including phenoxy) is 2. The standard InChI is InChI=1S/C24H27N5O4S/c1-4-29-22(15-10-11-15)27-28-24(29)34-14-21(30)25-17-12-20(33-3)18(13-19(17)32-2)26-23(31)16-8-6-5-7-9-16/h5-9,12-13,15H,4,10-11,14H2,1-3H3,(H,25,30)(H,26,31). The third kappa shape index (κ3) is 5.33. The fourth-order valence-corrected chi connectivity index (χ4v) is 4.35. The third-order valence-electron chi connectivity index (χ3n) is 5.42. The van der Waals surface area contributed by atoms with Gasteiger partial charge in [0.15, 0.2) is 5.16 Å². The topological polar surface area (TPSA) is 107 Å². The molecule has 0 bridgehead atoms. The monoisotopic (exact) mass is 481 g/mol. The van der Waals surface area contributed by atoms with Gasteiger partial charge in [-0.05, 0) is 31.9 Å².